The van der Waals surface area contributed by atoms with E-state index in [0.29, 0.717) is 13.1 Å². The highest BCUT2D eigenvalue weighted by Crippen LogP contribution is 2.25. The van der Waals surface area contributed by atoms with Crippen LogP contribution in [0.25, 0.3) is 0 Å². The highest BCUT2D eigenvalue weighted by Gasteiger charge is 2.39. The number of carbonyl (C=O) groups is 1. The molecule has 3 nitrogen and oxygen atoms in total. The molecule has 1 aliphatic heterocycles. The minimum absolute atomic E-state index is 0.178. The Bertz CT molecular complexity index is 190. The Morgan fingerprint density at radius 1 is 1.58 bits per heavy atom. The Labute approximate surface area is 82.4 Å². The Balaban J connectivity index is 2.73. The highest BCUT2D eigenvalue weighted by molar-refractivity contribution is 6.16. The predicted molar refractivity (Wildman–Crippen MR) is 49.0 cm³/mol. The van der Waals surface area contributed by atoms with E-state index in [9.17, 15) is 4.79 Å². The molecule has 1 fully saturated rings. The van der Waals surface area contributed by atoms with E-state index >= 15 is 0 Å². The molecule has 0 saturated carbocycles. The summed E-state index contributed by atoms with van der Waals surface area (Å²) in [4.78, 5) is 10.7. The van der Waals surface area contributed by atoms with Crippen LogP contribution in [0.15, 0.2) is 0 Å². The van der Waals surface area contributed by atoms with Crippen LogP contribution in [0.1, 0.15) is 13.8 Å². The molecular weight excluding hydrogens is 199 g/mol. The van der Waals surface area contributed by atoms with Gasteiger partial charge < -0.3 is 4.79 Å². The Morgan fingerprint density at radius 2 is 2.17 bits per heavy atom. The molecule has 0 spiro atoms. The van der Waals surface area contributed by atoms with Crippen LogP contribution in [0.4, 0.5) is 0 Å². The number of hydrogen-bond donors (Lipinski definition) is 0. The summed E-state index contributed by atoms with van der Waals surface area (Å²) in [5.74, 6) is 0. The van der Waals surface area contributed by atoms with Gasteiger partial charge in [0.2, 0.25) is 0 Å². The van der Waals surface area contributed by atoms with Crippen molar-refractivity contribution < 1.29 is 4.79 Å². The monoisotopic (exact) mass is 210 g/mol. The van der Waals surface area contributed by atoms with Gasteiger partial charge in [-0.15, -0.1) is 0 Å². The largest absolute Gasteiger partial charge is 0.301 e. The summed E-state index contributed by atoms with van der Waals surface area (Å²) < 4.78 is 3.14. The first-order chi connectivity index (χ1) is 5.49. The van der Waals surface area contributed by atoms with Crippen LogP contribution in [0, 0.1) is 0 Å². The first kappa shape index (κ1) is 10.3. The summed E-state index contributed by atoms with van der Waals surface area (Å²) in [5.41, 5.74) is -0.657. The molecule has 1 heterocycles. The van der Waals surface area contributed by atoms with E-state index < -0.39 is 5.54 Å². The molecule has 0 aromatic carbocycles. The van der Waals surface area contributed by atoms with Crippen LogP contribution in [-0.4, -0.2) is 39.8 Å². The second-order valence-electron chi connectivity index (χ2n) is 3.43. The molecule has 0 bridgehead atoms. The molecule has 12 heavy (non-hydrogen) atoms. The molecule has 1 rings (SSSR count). The number of hydrogen-bond acceptors (Lipinski definition) is 3. The molecule has 1 saturated heterocycles. The quantitative estimate of drug-likeness (QED) is 0.481. The summed E-state index contributed by atoms with van der Waals surface area (Å²) in [7, 11) is 0. The number of rotatable bonds is 1. The first-order valence-electron chi connectivity index (χ1n) is 3.82. The average molecular weight is 211 g/mol. The van der Waals surface area contributed by atoms with Crippen molar-refractivity contribution in [3.8, 4) is 0 Å². The number of aldehydes is 1. The third-order valence-electron chi connectivity index (χ3n) is 2.18. The van der Waals surface area contributed by atoms with Crippen LogP contribution in [0.5, 0.6) is 0 Å². The molecule has 0 aromatic heterocycles. The van der Waals surface area contributed by atoms with E-state index in [0.717, 1.165) is 6.29 Å². The van der Waals surface area contributed by atoms with Crippen molar-refractivity contribution in [1.82, 2.24) is 8.84 Å². The fourth-order valence-electron chi connectivity index (χ4n) is 1.16. The third-order valence-corrected chi connectivity index (χ3v) is 3.16. The molecular formula is C7H12Cl2N2O. The van der Waals surface area contributed by atoms with Gasteiger partial charge in [0.1, 0.15) is 11.8 Å². The van der Waals surface area contributed by atoms with Gasteiger partial charge in [0.05, 0.1) is 0 Å². The Kier molecular flexibility index (Phi) is 2.99. The minimum atomic E-state index is -0.657. The lowest BCUT2D eigenvalue weighted by Crippen LogP contribution is -2.58. The van der Waals surface area contributed by atoms with Crippen LogP contribution in [0.2, 0.25) is 0 Å². The summed E-state index contributed by atoms with van der Waals surface area (Å²) in [6.07, 6.45) is 0.835. The zero-order valence-corrected chi connectivity index (χ0v) is 8.64. The lowest BCUT2D eigenvalue weighted by atomic mass is 10.0. The molecule has 2 atom stereocenters. The third kappa shape index (κ3) is 1.74. The summed E-state index contributed by atoms with van der Waals surface area (Å²) in [6, 6.07) is 0.178. The van der Waals surface area contributed by atoms with Gasteiger partial charge in [-0.3, -0.25) is 0 Å². The second kappa shape index (κ2) is 3.50. The highest BCUT2D eigenvalue weighted by atomic mass is 35.5. The van der Waals surface area contributed by atoms with Crippen molar-refractivity contribution in [1.29, 1.82) is 0 Å². The van der Waals surface area contributed by atoms with Crippen molar-refractivity contribution in [2.45, 2.75) is 25.4 Å². The van der Waals surface area contributed by atoms with Crippen molar-refractivity contribution in [2.24, 2.45) is 0 Å². The molecule has 0 radical (unpaired) electrons. The van der Waals surface area contributed by atoms with Gasteiger partial charge in [-0.05, 0) is 37.4 Å². The molecule has 0 N–H and O–H groups in total. The van der Waals surface area contributed by atoms with Gasteiger partial charge in [0, 0.05) is 19.1 Å². The zero-order valence-electron chi connectivity index (χ0n) is 7.13. The van der Waals surface area contributed by atoms with Crippen molar-refractivity contribution in [3.05, 3.63) is 0 Å². The minimum Gasteiger partial charge on any atom is -0.301 e. The van der Waals surface area contributed by atoms with Crippen molar-refractivity contribution in [2.75, 3.05) is 13.1 Å². The fourth-order valence-corrected chi connectivity index (χ4v) is 1.76. The average Bonchev–Trinajstić information content (AvgIpc) is 2.01. The van der Waals surface area contributed by atoms with Crippen LogP contribution in [-0.2, 0) is 4.79 Å². The van der Waals surface area contributed by atoms with Crippen molar-refractivity contribution in [3.63, 3.8) is 0 Å². The van der Waals surface area contributed by atoms with E-state index in [-0.39, 0.29) is 6.04 Å². The summed E-state index contributed by atoms with van der Waals surface area (Å²) >= 11 is 11.8. The number of piperazine rings is 1. The van der Waals surface area contributed by atoms with Gasteiger partial charge in [0.25, 0.3) is 0 Å². The van der Waals surface area contributed by atoms with E-state index in [1.807, 2.05) is 6.92 Å². The molecule has 0 aliphatic carbocycles. The zero-order chi connectivity index (χ0) is 9.35. The second-order valence-corrected chi connectivity index (χ2v) is 4.27. The normalized spacial score (nSPS) is 39.8. The van der Waals surface area contributed by atoms with Gasteiger partial charge in [-0.2, -0.15) is 0 Å². The maximum absolute atomic E-state index is 10.7. The molecule has 0 aromatic rings. The molecule has 70 valence electrons. The van der Waals surface area contributed by atoms with E-state index in [1.54, 1.807) is 11.3 Å². The summed E-state index contributed by atoms with van der Waals surface area (Å²) in [5, 5.41) is 0. The van der Waals surface area contributed by atoms with Crippen LogP contribution >= 0.6 is 23.6 Å². The van der Waals surface area contributed by atoms with Crippen LogP contribution < -0.4 is 0 Å². The topological polar surface area (TPSA) is 23.6 Å². The number of nitrogens with zero attached hydrogens (tertiary/aromatic N) is 2. The Morgan fingerprint density at radius 3 is 2.67 bits per heavy atom. The molecule has 2 unspecified atom stereocenters. The summed E-state index contributed by atoms with van der Waals surface area (Å²) in [6.45, 7) is 4.80. The number of carbonyl (C=O) groups excluding carboxylic acids is 1. The molecule has 0 amide bonds. The predicted octanol–water partition coefficient (Wildman–Crippen LogP) is 1.26. The number of halogens is 2. The standard InChI is InChI=1S/C7H12Cl2N2O/c1-6-3-11(9)7(2,5-12)4-10(6)8/h5-6H,3-4H2,1-2H3. The smallest absolute Gasteiger partial charge is 0.142 e. The van der Waals surface area contributed by atoms with Gasteiger partial charge >= 0.3 is 0 Å². The molecule has 5 heteroatoms. The van der Waals surface area contributed by atoms with Crippen molar-refractivity contribution >= 4 is 29.8 Å². The SMILES string of the molecule is CC1CN(Cl)C(C)(C=O)CN1Cl. The van der Waals surface area contributed by atoms with E-state index in [2.05, 4.69) is 0 Å². The lowest BCUT2D eigenvalue weighted by molar-refractivity contribution is -0.117. The fraction of sp³-hybridized carbons (Fsp3) is 0.857. The van der Waals surface area contributed by atoms with Crippen LogP contribution in [0.3, 0.4) is 0 Å². The first-order valence-corrected chi connectivity index (χ1v) is 4.49. The van der Waals surface area contributed by atoms with Gasteiger partial charge in [-0.1, -0.05) is 0 Å². The molecule has 1 aliphatic rings. The van der Waals surface area contributed by atoms with Gasteiger partial charge in [-0.25, -0.2) is 8.84 Å². The lowest BCUT2D eigenvalue weighted by Gasteiger charge is -2.42. The Hall–Kier alpha value is 0.170. The van der Waals surface area contributed by atoms with E-state index in [4.69, 9.17) is 23.6 Å². The van der Waals surface area contributed by atoms with E-state index in [1.165, 1.54) is 4.42 Å². The van der Waals surface area contributed by atoms with Gasteiger partial charge in [0.15, 0.2) is 0 Å². The maximum Gasteiger partial charge on any atom is 0.142 e. The maximum atomic E-state index is 10.7.